The molecular weight excluding hydrogens is 388 g/mol. The first-order chi connectivity index (χ1) is 11.8. The average Bonchev–Trinajstić information content (AvgIpc) is 2.52. The van der Waals surface area contributed by atoms with Crippen LogP contribution >= 0.6 is 15.9 Å². The number of rotatable bonds is 4. The van der Waals surface area contributed by atoms with Crippen LogP contribution < -0.4 is 10.1 Å². The highest BCUT2D eigenvalue weighted by molar-refractivity contribution is 9.10. The summed E-state index contributed by atoms with van der Waals surface area (Å²) in [5, 5.41) is 14.0. The normalized spacial score (nSPS) is 35.4. The van der Waals surface area contributed by atoms with Crippen LogP contribution in [0.25, 0.3) is 0 Å². The molecule has 4 aliphatic carbocycles. The van der Waals surface area contributed by atoms with Gasteiger partial charge in [0.2, 0.25) is 5.91 Å². The van der Waals surface area contributed by atoms with Crippen LogP contribution in [-0.4, -0.2) is 22.3 Å². The third kappa shape index (κ3) is 2.82. The molecule has 0 aliphatic heterocycles. The molecule has 4 bridgehead atoms. The molecule has 2 atom stereocenters. The fraction of sp³-hybridized carbons (Fsp3) is 0.611. The van der Waals surface area contributed by atoms with Crippen LogP contribution in [0.3, 0.4) is 0 Å². The summed E-state index contributed by atoms with van der Waals surface area (Å²) >= 11 is 3.91. The molecule has 1 N–H and O–H groups in total. The van der Waals surface area contributed by atoms with Crippen LogP contribution in [0.1, 0.15) is 38.5 Å². The molecule has 25 heavy (non-hydrogen) atoms. The quantitative estimate of drug-likeness (QED) is 0.457. The van der Waals surface area contributed by atoms with Gasteiger partial charge in [-0.25, -0.2) is 0 Å². The van der Waals surface area contributed by atoms with Gasteiger partial charge in [-0.2, -0.15) is 0 Å². The Morgan fingerprint density at radius 3 is 2.56 bits per heavy atom. The molecule has 4 saturated carbocycles. The Morgan fingerprint density at radius 2 is 2.00 bits per heavy atom. The maximum Gasteiger partial charge on any atom is 0.271 e. The van der Waals surface area contributed by atoms with E-state index in [-0.39, 0.29) is 21.3 Å². The molecule has 6 nitrogen and oxygen atoms in total. The first-order valence-corrected chi connectivity index (χ1v) is 9.45. The van der Waals surface area contributed by atoms with Crippen molar-refractivity contribution in [3.8, 4) is 5.75 Å². The minimum Gasteiger partial charge on any atom is -0.495 e. The maximum absolute atomic E-state index is 13.2. The van der Waals surface area contributed by atoms with E-state index in [2.05, 4.69) is 21.2 Å². The predicted molar refractivity (Wildman–Crippen MR) is 97.1 cm³/mol. The number of amides is 1. The van der Waals surface area contributed by atoms with Gasteiger partial charge in [0, 0.05) is 16.5 Å². The third-order valence-electron chi connectivity index (χ3n) is 6.11. The third-order valence-corrected chi connectivity index (χ3v) is 7.04. The van der Waals surface area contributed by atoms with Crippen molar-refractivity contribution in [3.63, 3.8) is 0 Å². The Hall–Kier alpha value is -1.63. The van der Waals surface area contributed by atoms with Crippen molar-refractivity contribution in [2.24, 2.45) is 17.3 Å². The van der Waals surface area contributed by atoms with Gasteiger partial charge in [-0.05, 0) is 56.4 Å². The second-order valence-electron chi connectivity index (χ2n) is 7.99. The first-order valence-electron chi connectivity index (χ1n) is 8.65. The Morgan fingerprint density at radius 1 is 1.32 bits per heavy atom. The number of anilines is 1. The maximum atomic E-state index is 13.2. The smallest absolute Gasteiger partial charge is 0.271 e. The lowest BCUT2D eigenvalue weighted by Crippen LogP contribution is -2.57. The van der Waals surface area contributed by atoms with Gasteiger partial charge in [0.05, 0.1) is 23.1 Å². The molecule has 7 heteroatoms. The van der Waals surface area contributed by atoms with E-state index in [0.717, 1.165) is 32.1 Å². The van der Waals surface area contributed by atoms with Crippen LogP contribution in [0.15, 0.2) is 18.2 Å². The van der Waals surface area contributed by atoms with Crippen LogP contribution in [0.5, 0.6) is 5.75 Å². The summed E-state index contributed by atoms with van der Waals surface area (Å²) in [7, 11) is 1.50. The van der Waals surface area contributed by atoms with Crippen molar-refractivity contribution in [3.05, 3.63) is 28.3 Å². The topological polar surface area (TPSA) is 81.5 Å². The van der Waals surface area contributed by atoms with E-state index >= 15 is 0 Å². The number of carbonyl (C=O) groups is 1. The summed E-state index contributed by atoms with van der Waals surface area (Å²) in [6.45, 7) is 0. The number of benzene rings is 1. The zero-order valence-corrected chi connectivity index (χ0v) is 15.7. The average molecular weight is 409 g/mol. The number of nitrogens with one attached hydrogen (secondary N) is 1. The first kappa shape index (κ1) is 16.8. The number of hydrogen-bond donors (Lipinski definition) is 1. The Bertz CT molecular complexity index is 737. The highest BCUT2D eigenvalue weighted by Crippen LogP contribution is 2.64. The molecule has 1 amide bonds. The summed E-state index contributed by atoms with van der Waals surface area (Å²) in [5.74, 6) is 1.61. The molecule has 134 valence electrons. The molecule has 0 spiro atoms. The van der Waals surface area contributed by atoms with Crippen molar-refractivity contribution >= 4 is 33.2 Å². The van der Waals surface area contributed by atoms with Crippen molar-refractivity contribution in [1.82, 2.24) is 0 Å². The lowest BCUT2D eigenvalue weighted by atomic mass is 9.49. The molecule has 5 rings (SSSR count). The highest BCUT2D eigenvalue weighted by Gasteiger charge is 2.59. The van der Waals surface area contributed by atoms with Crippen molar-refractivity contribution in [2.45, 2.75) is 42.8 Å². The fourth-order valence-electron chi connectivity index (χ4n) is 5.58. The Balaban J connectivity index is 1.62. The largest absolute Gasteiger partial charge is 0.495 e. The predicted octanol–water partition coefficient (Wildman–Crippen LogP) is 4.28. The Labute approximate surface area is 154 Å². The zero-order valence-electron chi connectivity index (χ0n) is 14.1. The van der Waals surface area contributed by atoms with Crippen LogP contribution in [0.2, 0.25) is 0 Å². The van der Waals surface area contributed by atoms with E-state index in [9.17, 15) is 14.9 Å². The number of ether oxygens (including phenoxy) is 1. The molecule has 0 saturated heterocycles. The number of non-ortho nitro benzene ring substituents is 1. The van der Waals surface area contributed by atoms with Crippen LogP contribution in [0.4, 0.5) is 11.4 Å². The van der Waals surface area contributed by atoms with Crippen molar-refractivity contribution in [1.29, 1.82) is 0 Å². The second-order valence-corrected chi connectivity index (χ2v) is 9.67. The fourth-order valence-corrected chi connectivity index (χ4v) is 7.03. The highest BCUT2D eigenvalue weighted by atomic mass is 79.9. The van der Waals surface area contributed by atoms with Gasteiger partial charge >= 0.3 is 0 Å². The molecule has 1 aromatic carbocycles. The van der Waals surface area contributed by atoms with Gasteiger partial charge < -0.3 is 10.1 Å². The van der Waals surface area contributed by atoms with Crippen LogP contribution in [-0.2, 0) is 4.79 Å². The summed E-state index contributed by atoms with van der Waals surface area (Å²) in [5.41, 5.74) is -0.0527. The number of nitro benzene ring substituents is 1. The van der Waals surface area contributed by atoms with Crippen molar-refractivity contribution in [2.75, 3.05) is 12.4 Å². The zero-order chi connectivity index (χ0) is 17.8. The summed E-state index contributed by atoms with van der Waals surface area (Å²) < 4.78 is 5.36. The van der Waals surface area contributed by atoms with E-state index in [1.807, 2.05) is 0 Å². The number of alkyl halides is 1. The number of nitro groups is 1. The molecular formula is C18H21BrN2O4. The molecule has 4 fully saturated rings. The number of methoxy groups -OCH3 is 1. The summed E-state index contributed by atoms with van der Waals surface area (Å²) in [6.07, 6.45) is 6.20. The van der Waals surface area contributed by atoms with E-state index in [1.54, 1.807) is 0 Å². The minimum absolute atomic E-state index is 0.0239. The van der Waals surface area contributed by atoms with Gasteiger partial charge in [-0.1, -0.05) is 15.9 Å². The molecule has 0 heterocycles. The number of hydrogen-bond acceptors (Lipinski definition) is 4. The second kappa shape index (κ2) is 5.69. The standard InChI is InChI=1S/C18H21BrN2O4/c1-25-15-3-2-13(21(23)24)5-14(15)20-16(22)17-6-11-4-12(7-17)9-18(19,8-11)10-17/h2-3,5,11-12H,4,6-10H2,1H3,(H,20,22). The van der Waals surface area contributed by atoms with E-state index in [0.29, 0.717) is 23.3 Å². The molecule has 2 unspecified atom stereocenters. The molecule has 0 aromatic heterocycles. The van der Waals surface area contributed by atoms with Gasteiger partial charge in [0.25, 0.3) is 5.69 Å². The number of carbonyl (C=O) groups excluding carboxylic acids is 1. The SMILES string of the molecule is COc1ccc([N+](=O)[O-])cc1NC(=O)C12CC3CC(CC(Br)(C3)C1)C2. The number of halogens is 1. The van der Waals surface area contributed by atoms with Gasteiger partial charge in [0.15, 0.2) is 0 Å². The van der Waals surface area contributed by atoms with Gasteiger partial charge in [0.1, 0.15) is 5.75 Å². The van der Waals surface area contributed by atoms with Crippen LogP contribution in [0, 0.1) is 27.4 Å². The van der Waals surface area contributed by atoms with Gasteiger partial charge in [-0.15, -0.1) is 0 Å². The van der Waals surface area contributed by atoms with E-state index < -0.39 is 4.92 Å². The van der Waals surface area contributed by atoms with E-state index in [4.69, 9.17) is 4.74 Å². The minimum atomic E-state index is -0.465. The summed E-state index contributed by atoms with van der Waals surface area (Å²) in [6, 6.07) is 4.28. The number of nitrogens with zero attached hydrogens (tertiary/aromatic N) is 1. The molecule has 1 aromatic rings. The lowest BCUT2D eigenvalue weighted by Gasteiger charge is -2.59. The van der Waals surface area contributed by atoms with Gasteiger partial charge in [-0.3, -0.25) is 14.9 Å². The lowest BCUT2D eigenvalue weighted by molar-refractivity contribution is -0.384. The summed E-state index contributed by atoms with van der Waals surface area (Å²) in [4.78, 5) is 23.8. The molecule has 0 radical (unpaired) electrons. The van der Waals surface area contributed by atoms with E-state index in [1.165, 1.54) is 31.7 Å². The van der Waals surface area contributed by atoms with Crippen molar-refractivity contribution < 1.29 is 14.5 Å². The molecule has 4 aliphatic rings. The Kier molecular flexibility index (Phi) is 3.83. The monoisotopic (exact) mass is 408 g/mol.